The molecule has 1 atom stereocenters. The second-order valence-corrected chi connectivity index (χ2v) is 5.24. The molecule has 25 heavy (non-hydrogen) atoms. The second-order valence-electron chi connectivity index (χ2n) is 5.24. The zero-order chi connectivity index (χ0) is 18.4. The van der Waals surface area contributed by atoms with Crippen LogP contribution in [-0.2, 0) is 0 Å². The van der Waals surface area contributed by atoms with E-state index in [1.54, 1.807) is 45.4 Å². The molecule has 0 spiro atoms. The number of methoxy groups -OCH3 is 2. The normalized spacial score (nSPS) is 11.3. The van der Waals surface area contributed by atoms with Crippen LogP contribution in [0.3, 0.4) is 0 Å². The average Bonchev–Trinajstić information content (AvgIpc) is 2.61. The van der Waals surface area contributed by atoms with E-state index in [9.17, 15) is 14.9 Å². The van der Waals surface area contributed by atoms with Gasteiger partial charge in [-0.25, -0.2) is 4.79 Å². The third kappa shape index (κ3) is 4.60. The van der Waals surface area contributed by atoms with Crippen molar-refractivity contribution in [3.63, 3.8) is 0 Å². The average molecular weight is 345 g/mol. The zero-order valence-electron chi connectivity index (χ0n) is 14.1. The number of rotatable bonds is 6. The molecule has 8 nitrogen and oxygen atoms in total. The Morgan fingerprint density at radius 1 is 1.16 bits per heavy atom. The van der Waals surface area contributed by atoms with Gasteiger partial charge in [0.15, 0.2) is 0 Å². The summed E-state index contributed by atoms with van der Waals surface area (Å²) in [5.74, 6) is 1.26. The minimum atomic E-state index is -0.521. The molecule has 2 rings (SSSR count). The first-order chi connectivity index (χ1) is 11.9. The monoisotopic (exact) mass is 345 g/mol. The second kappa shape index (κ2) is 8.00. The molecule has 0 saturated heterocycles. The topological polar surface area (TPSA) is 103 Å². The molecular weight excluding hydrogens is 326 g/mol. The van der Waals surface area contributed by atoms with E-state index in [-0.39, 0.29) is 11.7 Å². The first-order valence-electron chi connectivity index (χ1n) is 7.48. The fraction of sp³-hybridized carbons (Fsp3) is 0.235. The number of carbonyl (C=O) groups excluding carboxylic acids is 1. The van der Waals surface area contributed by atoms with Gasteiger partial charge in [0.2, 0.25) is 0 Å². The van der Waals surface area contributed by atoms with Gasteiger partial charge in [-0.2, -0.15) is 0 Å². The summed E-state index contributed by atoms with van der Waals surface area (Å²) in [6.45, 7) is 1.80. The van der Waals surface area contributed by atoms with Crippen LogP contribution < -0.4 is 20.1 Å². The van der Waals surface area contributed by atoms with Gasteiger partial charge in [-0.05, 0) is 31.2 Å². The van der Waals surface area contributed by atoms with Gasteiger partial charge in [-0.15, -0.1) is 0 Å². The highest BCUT2D eigenvalue weighted by atomic mass is 16.6. The summed E-state index contributed by atoms with van der Waals surface area (Å²) in [5.41, 5.74) is 0.980. The maximum absolute atomic E-state index is 12.2. The molecule has 2 amide bonds. The Bertz CT molecular complexity index is 779. The fourth-order valence-electron chi connectivity index (χ4n) is 2.32. The van der Waals surface area contributed by atoms with Gasteiger partial charge in [0.05, 0.1) is 25.2 Å². The van der Waals surface area contributed by atoms with Crippen molar-refractivity contribution in [3.8, 4) is 11.5 Å². The van der Waals surface area contributed by atoms with E-state index < -0.39 is 11.0 Å². The van der Waals surface area contributed by atoms with Crippen LogP contribution in [0, 0.1) is 10.1 Å². The Balaban J connectivity index is 2.10. The van der Waals surface area contributed by atoms with Crippen LogP contribution >= 0.6 is 0 Å². The van der Waals surface area contributed by atoms with Gasteiger partial charge in [0.1, 0.15) is 11.5 Å². The fourth-order valence-corrected chi connectivity index (χ4v) is 2.32. The number of benzene rings is 2. The minimum absolute atomic E-state index is 0.0969. The Labute approximate surface area is 144 Å². The van der Waals surface area contributed by atoms with Crippen LogP contribution in [0.1, 0.15) is 18.5 Å². The number of urea groups is 1. The summed E-state index contributed by atoms with van der Waals surface area (Å²) in [6.07, 6.45) is 0. The highest BCUT2D eigenvalue weighted by Gasteiger charge is 2.16. The number of non-ortho nitro benzene ring substituents is 1. The van der Waals surface area contributed by atoms with Crippen LogP contribution in [0.5, 0.6) is 11.5 Å². The summed E-state index contributed by atoms with van der Waals surface area (Å²) >= 11 is 0. The molecule has 0 aliphatic carbocycles. The predicted molar refractivity (Wildman–Crippen MR) is 93.2 cm³/mol. The van der Waals surface area contributed by atoms with E-state index in [0.29, 0.717) is 17.2 Å². The third-order valence-electron chi connectivity index (χ3n) is 3.57. The van der Waals surface area contributed by atoms with E-state index in [1.807, 2.05) is 0 Å². The van der Waals surface area contributed by atoms with E-state index in [2.05, 4.69) is 10.6 Å². The van der Waals surface area contributed by atoms with Crippen LogP contribution in [0.2, 0.25) is 0 Å². The standard InChI is InChI=1S/C17H19N3O5/c1-11(15-10-14(24-2)7-8-16(15)25-3)18-17(21)19-12-5-4-6-13(9-12)20(22)23/h4-11H,1-3H3,(H2,18,19,21). The first-order valence-corrected chi connectivity index (χ1v) is 7.48. The molecule has 2 aromatic rings. The molecule has 8 heteroatoms. The lowest BCUT2D eigenvalue weighted by molar-refractivity contribution is -0.384. The molecule has 0 aromatic heterocycles. The maximum atomic E-state index is 12.2. The van der Waals surface area contributed by atoms with Gasteiger partial charge < -0.3 is 20.1 Å². The van der Waals surface area contributed by atoms with Crippen molar-refractivity contribution in [1.82, 2.24) is 5.32 Å². The number of ether oxygens (including phenoxy) is 2. The smallest absolute Gasteiger partial charge is 0.319 e. The number of hydrogen-bond acceptors (Lipinski definition) is 5. The van der Waals surface area contributed by atoms with Crippen molar-refractivity contribution in [2.75, 3.05) is 19.5 Å². The number of nitrogens with zero attached hydrogens (tertiary/aromatic N) is 1. The molecule has 2 N–H and O–H groups in total. The highest BCUT2D eigenvalue weighted by Crippen LogP contribution is 2.29. The Hall–Kier alpha value is -3.29. The number of anilines is 1. The van der Waals surface area contributed by atoms with Crippen molar-refractivity contribution in [2.24, 2.45) is 0 Å². The van der Waals surface area contributed by atoms with Crippen LogP contribution in [-0.4, -0.2) is 25.2 Å². The molecule has 2 aromatic carbocycles. The highest BCUT2D eigenvalue weighted by molar-refractivity contribution is 5.89. The van der Waals surface area contributed by atoms with Gasteiger partial charge in [0.25, 0.3) is 5.69 Å². The minimum Gasteiger partial charge on any atom is -0.497 e. The maximum Gasteiger partial charge on any atom is 0.319 e. The summed E-state index contributed by atoms with van der Waals surface area (Å²) in [4.78, 5) is 22.4. The van der Waals surface area contributed by atoms with E-state index >= 15 is 0 Å². The van der Waals surface area contributed by atoms with Gasteiger partial charge in [-0.3, -0.25) is 10.1 Å². The lowest BCUT2D eigenvalue weighted by Gasteiger charge is -2.18. The van der Waals surface area contributed by atoms with Crippen molar-refractivity contribution in [2.45, 2.75) is 13.0 Å². The molecule has 0 bridgehead atoms. The number of nitrogens with one attached hydrogen (secondary N) is 2. The molecular formula is C17H19N3O5. The number of hydrogen-bond donors (Lipinski definition) is 2. The largest absolute Gasteiger partial charge is 0.497 e. The lowest BCUT2D eigenvalue weighted by Crippen LogP contribution is -2.31. The van der Waals surface area contributed by atoms with E-state index in [0.717, 1.165) is 5.56 Å². The third-order valence-corrected chi connectivity index (χ3v) is 3.57. The van der Waals surface area contributed by atoms with Crippen molar-refractivity contribution in [3.05, 3.63) is 58.1 Å². The van der Waals surface area contributed by atoms with Crippen LogP contribution in [0.15, 0.2) is 42.5 Å². The van der Waals surface area contributed by atoms with Gasteiger partial charge in [0, 0.05) is 23.4 Å². The zero-order valence-corrected chi connectivity index (χ0v) is 14.1. The molecule has 0 aliphatic heterocycles. The summed E-state index contributed by atoms with van der Waals surface area (Å²) < 4.78 is 10.5. The molecule has 0 aliphatic rings. The van der Waals surface area contributed by atoms with Crippen molar-refractivity contribution in [1.29, 1.82) is 0 Å². The van der Waals surface area contributed by atoms with Crippen molar-refractivity contribution < 1.29 is 19.2 Å². The molecule has 0 saturated carbocycles. The Kier molecular flexibility index (Phi) is 5.78. The molecule has 0 radical (unpaired) electrons. The quantitative estimate of drug-likeness (QED) is 0.616. The van der Waals surface area contributed by atoms with Gasteiger partial charge >= 0.3 is 6.03 Å². The Morgan fingerprint density at radius 3 is 2.56 bits per heavy atom. The first kappa shape index (κ1) is 18.1. The molecule has 1 unspecified atom stereocenters. The Morgan fingerprint density at radius 2 is 1.92 bits per heavy atom. The lowest BCUT2D eigenvalue weighted by atomic mass is 10.1. The number of nitro benzene ring substituents is 1. The number of carbonyl (C=O) groups is 1. The van der Waals surface area contributed by atoms with Crippen LogP contribution in [0.4, 0.5) is 16.2 Å². The molecule has 132 valence electrons. The molecule has 0 fully saturated rings. The van der Waals surface area contributed by atoms with E-state index in [4.69, 9.17) is 9.47 Å². The van der Waals surface area contributed by atoms with Crippen molar-refractivity contribution >= 4 is 17.4 Å². The number of nitro groups is 1. The number of amides is 2. The summed E-state index contributed by atoms with van der Waals surface area (Å²) in [5, 5.41) is 16.1. The van der Waals surface area contributed by atoms with Crippen LogP contribution in [0.25, 0.3) is 0 Å². The summed E-state index contributed by atoms with van der Waals surface area (Å²) in [6, 6.07) is 10.1. The SMILES string of the molecule is COc1ccc(OC)c(C(C)NC(=O)Nc2cccc([N+](=O)[O-])c2)c1. The summed E-state index contributed by atoms with van der Waals surface area (Å²) in [7, 11) is 3.10. The van der Waals surface area contributed by atoms with E-state index in [1.165, 1.54) is 18.2 Å². The predicted octanol–water partition coefficient (Wildman–Crippen LogP) is 3.49. The van der Waals surface area contributed by atoms with Gasteiger partial charge in [-0.1, -0.05) is 6.07 Å². The molecule has 0 heterocycles.